The summed E-state index contributed by atoms with van der Waals surface area (Å²) < 4.78 is 80.4. The normalized spacial score (nSPS) is 36.3. The summed E-state index contributed by atoms with van der Waals surface area (Å²) in [4.78, 5) is 34.9. The summed E-state index contributed by atoms with van der Waals surface area (Å²) in [5.74, 6) is 0.133. The molecule has 4 aromatic heterocycles. The van der Waals surface area contributed by atoms with Crippen LogP contribution in [0.2, 0.25) is 0 Å². The van der Waals surface area contributed by atoms with Crippen LogP contribution in [0.4, 0.5) is 20.4 Å². The molecule has 0 saturated carbocycles. The lowest BCUT2D eigenvalue weighted by molar-refractivity contribution is -0.0558. The van der Waals surface area contributed by atoms with Crippen LogP contribution in [-0.4, -0.2) is 93.9 Å². The van der Waals surface area contributed by atoms with Crippen molar-refractivity contribution in [1.29, 1.82) is 0 Å². The predicted molar refractivity (Wildman–Crippen MR) is 143 cm³/mol. The fourth-order valence-corrected chi connectivity index (χ4v) is 7.30. The Balaban J connectivity index is 1.14. The molecule has 10 atom stereocenters. The molecule has 43 heavy (non-hydrogen) atoms. The highest BCUT2D eigenvalue weighted by Crippen LogP contribution is 2.52. The van der Waals surface area contributed by atoms with Gasteiger partial charge in [0.05, 0.1) is 19.3 Å². The quantitative estimate of drug-likeness (QED) is 0.254. The average Bonchev–Trinajstić information content (AvgIpc) is 3.73. The summed E-state index contributed by atoms with van der Waals surface area (Å²) in [7, 11) is -3.00. The maximum Gasteiger partial charge on any atom is 0.697 e. The zero-order valence-corrected chi connectivity index (χ0v) is 24.0. The number of ether oxygens (including phenoxy) is 2. The van der Waals surface area contributed by atoms with Gasteiger partial charge >= 0.3 is 15.0 Å². The van der Waals surface area contributed by atoms with Crippen LogP contribution in [0.3, 0.4) is 0 Å². The molecule has 3 saturated heterocycles. The molecule has 18 nitrogen and oxygen atoms in total. The zero-order chi connectivity index (χ0) is 30.0. The summed E-state index contributed by atoms with van der Waals surface area (Å²) >= 11 is 5.14. The molecule has 3 fully saturated rings. The lowest BCUT2D eigenvalue weighted by atomic mass is 10.1. The first kappa shape index (κ1) is 28.8. The van der Waals surface area contributed by atoms with E-state index in [1.54, 1.807) is 0 Å². The maximum absolute atomic E-state index is 15.9. The van der Waals surface area contributed by atoms with E-state index in [9.17, 15) is 9.46 Å². The van der Waals surface area contributed by atoms with E-state index in [4.69, 9.17) is 50.8 Å². The van der Waals surface area contributed by atoms with Crippen LogP contribution >= 0.6 is 15.0 Å². The van der Waals surface area contributed by atoms with Crippen LogP contribution in [-0.2, 0) is 43.9 Å². The van der Waals surface area contributed by atoms with E-state index in [1.165, 1.54) is 34.4 Å². The lowest BCUT2D eigenvalue weighted by Gasteiger charge is -2.25. The van der Waals surface area contributed by atoms with Crippen LogP contribution in [0.25, 0.3) is 22.3 Å². The van der Waals surface area contributed by atoms with Crippen LogP contribution < -0.4 is 11.5 Å². The molecule has 0 spiro atoms. The number of nitrogens with two attached hydrogens (primary N) is 2. The number of fused-ring (bicyclic) bond motifs is 4. The molecule has 3 unspecified atom stereocenters. The lowest BCUT2D eigenvalue weighted by Crippen LogP contribution is -2.36. The predicted octanol–water partition coefficient (Wildman–Crippen LogP) is 0.993. The second-order valence-corrected chi connectivity index (χ2v) is 13.3. The minimum Gasteiger partial charge on any atom is -0.382 e. The van der Waals surface area contributed by atoms with Crippen LogP contribution in [0.15, 0.2) is 25.3 Å². The number of nitrogen functional groups attached to an aromatic ring is 2. The first-order chi connectivity index (χ1) is 20.6. The van der Waals surface area contributed by atoms with Crippen molar-refractivity contribution in [2.24, 2.45) is 0 Å². The number of alkyl halides is 2. The Bertz CT molecular complexity index is 1770. The molecule has 3 aliphatic rings. The van der Waals surface area contributed by atoms with E-state index in [0.717, 1.165) is 0 Å². The van der Waals surface area contributed by atoms with Gasteiger partial charge in [0, 0.05) is 4.57 Å². The van der Waals surface area contributed by atoms with Crippen molar-refractivity contribution in [3.8, 4) is 0 Å². The average molecular weight is 661 g/mol. The van der Waals surface area contributed by atoms with Gasteiger partial charge in [0.15, 0.2) is 53.8 Å². The van der Waals surface area contributed by atoms with E-state index >= 15 is 8.78 Å². The van der Waals surface area contributed by atoms with E-state index in [0.29, 0.717) is 0 Å². The van der Waals surface area contributed by atoms with E-state index in [2.05, 4.69) is 29.9 Å². The summed E-state index contributed by atoms with van der Waals surface area (Å²) in [6.45, 7) is -5.35. The maximum atomic E-state index is 15.9. The van der Waals surface area contributed by atoms with E-state index < -0.39 is 77.4 Å². The molecule has 3 aliphatic heterocycles. The van der Waals surface area contributed by atoms with Crippen molar-refractivity contribution in [2.45, 2.75) is 49.2 Å². The zero-order valence-electron chi connectivity index (χ0n) is 21.4. The molecular weight excluding hydrogens is 640 g/mol. The van der Waals surface area contributed by atoms with Crippen molar-refractivity contribution in [1.82, 2.24) is 39.0 Å². The molecule has 4 aromatic rings. The minimum atomic E-state index is -4.21. The van der Waals surface area contributed by atoms with Crippen LogP contribution in [0.5, 0.6) is 0 Å². The molecule has 7 heterocycles. The van der Waals surface area contributed by atoms with E-state index in [-0.39, 0.29) is 34.0 Å². The molecule has 23 heteroatoms. The van der Waals surface area contributed by atoms with Gasteiger partial charge in [0.1, 0.15) is 48.6 Å². The third kappa shape index (κ3) is 5.04. The molecule has 0 bridgehead atoms. The highest BCUT2D eigenvalue weighted by molar-refractivity contribution is 8.07. The number of nitrogens with zero attached hydrogens (tertiary/aromatic N) is 8. The Hall–Kier alpha value is -2.97. The number of rotatable bonds is 2. The molecule has 0 aliphatic carbocycles. The Morgan fingerprint density at radius 3 is 2.00 bits per heavy atom. The molecule has 5 N–H and O–H groups in total. The monoisotopic (exact) mass is 661 g/mol. The fraction of sp³-hybridized carbons (Fsp3) is 0.500. The second-order valence-electron chi connectivity index (χ2n) is 9.61. The van der Waals surface area contributed by atoms with Gasteiger partial charge in [-0.1, -0.05) is 0 Å². The van der Waals surface area contributed by atoms with Gasteiger partial charge in [-0.3, -0.25) is 13.7 Å². The summed E-state index contributed by atoms with van der Waals surface area (Å²) in [6, 6.07) is 0. The van der Waals surface area contributed by atoms with Crippen molar-refractivity contribution >= 4 is 60.7 Å². The second kappa shape index (κ2) is 10.9. The number of hydrogen-bond donors (Lipinski definition) is 3. The molecule has 228 valence electrons. The van der Waals surface area contributed by atoms with Gasteiger partial charge in [-0.25, -0.2) is 38.7 Å². The van der Waals surface area contributed by atoms with Gasteiger partial charge in [-0.15, -0.1) is 9.05 Å². The summed E-state index contributed by atoms with van der Waals surface area (Å²) in [5.41, 5.74) is 12.4. The first-order valence-electron chi connectivity index (χ1n) is 12.5. The fourth-order valence-electron chi connectivity index (χ4n) is 5.08. The van der Waals surface area contributed by atoms with Gasteiger partial charge in [-0.2, -0.15) is 0 Å². The number of halogens is 2. The van der Waals surface area contributed by atoms with Gasteiger partial charge in [-0.05, 0) is 11.8 Å². The number of anilines is 2. The Morgan fingerprint density at radius 2 is 1.42 bits per heavy atom. The number of hydrogen-bond acceptors (Lipinski definition) is 16. The van der Waals surface area contributed by atoms with Crippen LogP contribution in [0, 0.1) is 0 Å². The standard InChI is InChI=1S/C20H20F2N10O8P2S/c21-9-13-8(38-19(9)31-5-29-11-15(23)25-3-27-17(11)31)2-36-42(34,43)40-14-7(1-35-41(33)39-13)37-20(10(14)22)32-6-30-12-16(24)26-4-28-18(12)32/h3-10,13-14,19-20H,1-2H2,(H4-,23,24,25,26,27,28,34,43)/p+1/t7?,8-,9-,10-,13-,14-,19-,20-,42?/m1/s1. The van der Waals surface area contributed by atoms with Gasteiger partial charge in [0.2, 0.25) is 0 Å². The largest absolute Gasteiger partial charge is 0.697 e. The smallest absolute Gasteiger partial charge is 0.382 e. The van der Waals surface area contributed by atoms with Crippen molar-refractivity contribution in [2.75, 3.05) is 24.7 Å². The highest BCUT2D eigenvalue weighted by Gasteiger charge is 2.55. The Labute approximate surface area is 244 Å². The molecule has 0 radical (unpaired) electrons. The van der Waals surface area contributed by atoms with Crippen LogP contribution in [0.1, 0.15) is 12.5 Å². The highest BCUT2D eigenvalue weighted by atomic mass is 32.5. The van der Waals surface area contributed by atoms with Crippen molar-refractivity contribution < 1.29 is 45.8 Å². The molecule has 0 aromatic carbocycles. The summed E-state index contributed by atoms with van der Waals surface area (Å²) in [6.07, 6.45) is -7.48. The Kier molecular flexibility index (Phi) is 7.28. The number of imidazole rings is 2. The third-order valence-corrected chi connectivity index (χ3v) is 9.40. The van der Waals surface area contributed by atoms with Crippen molar-refractivity contribution in [3.63, 3.8) is 0 Å². The SMILES string of the molecule is Nc1ncnc2c1ncn2[C@@H]1O[C@@H]2COP(O)(=S)O[C@@H]3C(CO[P+](=O)O[C@H]2[C@H]1F)O[C@@H](n1cnc2c(N)ncnc21)[C@@H]3F. The molecular formula is C20H21F2N10O8P2S+. The van der Waals surface area contributed by atoms with Gasteiger partial charge < -0.3 is 30.4 Å². The van der Waals surface area contributed by atoms with E-state index in [1.807, 2.05) is 0 Å². The molecule has 0 amide bonds. The Morgan fingerprint density at radius 1 is 0.884 bits per heavy atom. The number of aromatic nitrogens is 8. The minimum absolute atomic E-state index is 0.0661. The topological polar surface area (TPSA) is 232 Å². The van der Waals surface area contributed by atoms with Gasteiger partial charge in [0.25, 0.3) is 0 Å². The first-order valence-corrected chi connectivity index (χ1v) is 16.2. The summed E-state index contributed by atoms with van der Waals surface area (Å²) in [5, 5.41) is 0. The molecule has 7 rings (SSSR count). The third-order valence-electron chi connectivity index (χ3n) is 7.07. The van der Waals surface area contributed by atoms with Crippen molar-refractivity contribution in [3.05, 3.63) is 25.3 Å².